The summed E-state index contributed by atoms with van der Waals surface area (Å²) in [4.78, 5) is 24.5. The lowest BCUT2D eigenvalue weighted by Gasteiger charge is -2.07. The Morgan fingerprint density at radius 2 is 2.25 bits per heavy atom. The molecule has 1 aromatic rings. The average Bonchev–Trinajstić information content (AvgIpc) is 2.26. The maximum Gasteiger partial charge on any atom is 0.354 e. The van der Waals surface area contributed by atoms with E-state index in [0.29, 0.717) is 0 Å². The Bertz CT molecular complexity index is 459. The number of H-pyrrole nitrogens is 1. The molecule has 0 aliphatic rings. The molecule has 0 aliphatic carbocycles. The minimum absolute atomic E-state index is 0.246. The SMILES string of the molecule is COC(=O)c1cc(C(F)F)c(CCl)c(=O)[nH]1. The number of esters is 1. The third-order valence-electron chi connectivity index (χ3n) is 1.94. The van der Waals surface area contributed by atoms with Crippen molar-refractivity contribution in [2.45, 2.75) is 12.3 Å². The van der Waals surface area contributed by atoms with Crippen LogP contribution in [0, 0.1) is 0 Å². The lowest BCUT2D eigenvalue weighted by Crippen LogP contribution is -2.20. The first kappa shape index (κ1) is 12.6. The number of carbonyl (C=O) groups is 1. The molecule has 0 aliphatic heterocycles. The summed E-state index contributed by atoms with van der Waals surface area (Å²) in [6.07, 6.45) is -2.88. The predicted octanol–water partition coefficient (Wildman–Crippen LogP) is 1.84. The molecule has 0 bridgehead atoms. The van der Waals surface area contributed by atoms with Crippen LogP contribution in [0.25, 0.3) is 0 Å². The molecule has 0 saturated heterocycles. The Kier molecular flexibility index (Phi) is 4.00. The molecule has 0 atom stereocenters. The topological polar surface area (TPSA) is 59.2 Å². The van der Waals surface area contributed by atoms with Crippen LogP contribution in [0.15, 0.2) is 10.9 Å². The van der Waals surface area contributed by atoms with Crippen LogP contribution in [0.2, 0.25) is 0 Å². The summed E-state index contributed by atoms with van der Waals surface area (Å²) < 4.78 is 29.5. The maximum atomic E-state index is 12.6. The number of ether oxygens (including phenoxy) is 1. The molecule has 0 aromatic carbocycles. The normalized spacial score (nSPS) is 10.6. The monoisotopic (exact) mass is 251 g/mol. The van der Waals surface area contributed by atoms with Crippen LogP contribution >= 0.6 is 11.6 Å². The molecule has 0 unspecified atom stereocenters. The second kappa shape index (κ2) is 5.07. The highest BCUT2D eigenvalue weighted by Gasteiger charge is 2.19. The summed E-state index contributed by atoms with van der Waals surface area (Å²) in [6.45, 7) is 0. The summed E-state index contributed by atoms with van der Waals surface area (Å²) in [7, 11) is 1.08. The third-order valence-corrected chi connectivity index (χ3v) is 2.21. The van der Waals surface area contributed by atoms with Crippen LogP contribution in [0.5, 0.6) is 0 Å². The van der Waals surface area contributed by atoms with Crippen molar-refractivity contribution in [3.05, 3.63) is 33.2 Å². The molecule has 1 heterocycles. The summed E-state index contributed by atoms with van der Waals surface area (Å²) in [5.74, 6) is -1.24. The van der Waals surface area contributed by atoms with Crippen molar-refractivity contribution in [2.24, 2.45) is 0 Å². The zero-order chi connectivity index (χ0) is 12.3. The van der Waals surface area contributed by atoms with Crippen LogP contribution in [-0.4, -0.2) is 18.1 Å². The Balaban J connectivity index is 3.40. The molecule has 1 N–H and O–H groups in total. The molecule has 88 valence electrons. The molecule has 1 rings (SSSR count). The number of carbonyl (C=O) groups excluding carboxylic acids is 1. The minimum Gasteiger partial charge on any atom is -0.464 e. The zero-order valence-corrected chi connectivity index (χ0v) is 8.98. The van der Waals surface area contributed by atoms with Crippen molar-refractivity contribution in [2.75, 3.05) is 7.11 Å². The van der Waals surface area contributed by atoms with Gasteiger partial charge in [0.15, 0.2) is 0 Å². The Hall–Kier alpha value is -1.43. The fourth-order valence-electron chi connectivity index (χ4n) is 1.16. The number of aromatic nitrogens is 1. The van der Waals surface area contributed by atoms with Gasteiger partial charge >= 0.3 is 5.97 Å². The van der Waals surface area contributed by atoms with E-state index in [0.717, 1.165) is 13.2 Å². The summed E-state index contributed by atoms with van der Waals surface area (Å²) in [5, 5.41) is 0. The number of hydrogen-bond acceptors (Lipinski definition) is 3. The van der Waals surface area contributed by atoms with Gasteiger partial charge in [0, 0.05) is 11.1 Å². The second-order valence-electron chi connectivity index (χ2n) is 2.87. The first-order chi connectivity index (χ1) is 7.51. The summed E-state index contributed by atoms with van der Waals surface area (Å²) in [6, 6.07) is 0.871. The Morgan fingerprint density at radius 1 is 1.62 bits per heavy atom. The smallest absolute Gasteiger partial charge is 0.354 e. The highest BCUT2D eigenvalue weighted by molar-refractivity contribution is 6.17. The first-order valence-corrected chi connectivity index (χ1v) is 4.73. The van der Waals surface area contributed by atoms with Crippen LogP contribution in [0.3, 0.4) is 0 Å². The number of methoxy groups -OCH3 is 1. The van der Waals surface area contributed by atoms with E-state index in [1.54, 1.807) is 0 Å². The van der Waals surface area contributed by atoms with Gasteiger partial charge in [-0.2, -0.15) is 0 Å². The average molecular weight is 252 g/mol. The van der Waals surface area contributed by atoms with Gasteiger partial charge in [0.05, 0.1) is 13.0 Å². The van der Waals surface area contributed by atoms with E-state index in [9.17, 15) is 18.4 Å². The van der Waals surface area contributed by atoms with E-state index in [2.05, 4.69) is 9.72 Å². The van der Waals surface area contributed by atoms with Gasteiger partial charge < -0.3 is 9.72 Å². The number of halogens is 3. The molecular weight excluding hydrogens is 244 g/mol. The number of alkyl halides is 3. The summed E-state index contributed by atoms with van der Waals surface area (Å²) >= 11 is 5.38. The van der Waals surface area contributed by atoms with Crippen molar-refractivity contribution in [1.29, 1.82) is 0 Å². The Labute approximate surface area is 94.2 Å². The lowest BCUT2D eigenvalue weighted by molar-refractivity contribution is 0.0593. The third kappa shape index (κ3) is 2.38. The molecule has 0 radical (unpaired) electrons. The highest BCUT2D eigenvalue weighted by atomic mass is 35.5. The molecule has 0 spiro atoms. The number of pyridine rings is 1. The number of nitrogens with one attached hydrogen (secondary N) is 1. The van der Waals surface area contributed by atoms with Crippen molar-refractivity contribution < 1.29 is 18.3 Å². The standard InChI is InChI=1S/C9H8ClF2NO3/c1-16-9(15)6-2-4(7(11)12)5(3-10)8(14)13-6/h2,7H,3H2,1H3,(H,13,14). The first-order valence-electron chi connectivity index (χ1n) is 4.19. The van der Waals surface area contributed by atoms with Gasteiger partial charge in [-0.1, -0.05) is 0 Å². The van der Waals surface area contributed by atoms with E-state index in [1.165, 1.54) is 0 Å². The fourth-order valence-corrected chi connectivity index (χ4v) is 1.44. The van der Waals surface area contributed by atoms with E-state index in [4.69, 9.17) is 11.6 Å². The largest absolute Gasteiger partial charge is 0.464 e. The van der Waals surface area contributed by atoms with Crippen LogP contribution in [0.1, 0.15) is 28.0 Å². The van der Waals surface area contributed by atoms with Crippen molar-refractivity contribution in [3.8, 4) is 0 Å². The van der Waals surface area contributed by atoms with Gasteiger partial charge in [0.2, 0.25) is 0 Å². The second-order valence-corrected chi connectivity index (χ2v) is 3.14. The van der Waals surface area contributed by atoms with Crippen LogP contribution in [0.4, 0.5) is 8.78 Å². The Morgan fingerprint density at radius 3 is 2.69 bits per heavy atom. The van der Waals surface area contributed by atoms with Gasteiger partial charge in [-0.25, -0.2) is 13.6 Å². The molecular formula is C9H8ClF2NO3. The quantitative estimate of drug-likeness (QED) is 0.659. The molecule has 16 heavy (non-hydrogen) atoms. The number of hydrogen-bond donors (Lipinski definition) is 1. The van der Waals surface area contributed by atoms with E-state index >= 15 is 0 Å². The zero-order valence-electron chi connectivity index (χ0n) is 8.22. The molecule has 1 aromatic heterocycles. The number of rotatable bonds is 3. The van der Waals surface area contributed by atoms with Gasteiger partial charge in [-0.05, 0) is 6.07 Å². The van der Waals surface area contributed by atoms with Crippen molar-refractivity contribution in [1.82, 2.24) is 4.98 Å². The van der Waals surface area contributed by atoms with E-state index in [1.807, 2.05) is 0 Å². The van der Waals surface area contributed by atoms with Gasteiger partial charge in [0.1, 0.15) is 5.69 Å². The van der Waals surface area contributed by atoms with Crippen molar-refractivity contribution >= 4 is 17.6 Å². The molecule has 4 nitrogen and oxygen atoms in total. The summed E-state index contributed by atoms with van der Waals surface area (Å²) in [5.41, 5.74) is -1.94. The van der Waals surface area contributed by atoms with Crippen LogP contribution < -0.4 is 5.56 Å². The van der Waals surface area contributed by atoms with E-state index in [-0.39, 0.29) is 17.1 Å². The molecule has 7 heteroatoms. The highest BCUT2D eigenvalue weighted by Crippen LogP contribution is 2.22. The predicted molar refractivity (Wildman–Crippen MR) is 52.9 cm³/mol. The van der Waals surface area contributed by atoms with Gasteiger partial charge in [-0.15, -0.1) is 11.6 Å². The van der Waals surface area contributed by atoms with Crippen molar-refractivity contribution in [3.63, 3.8) is 0 Å². The molecule has 0 amide bonds. The van der Waals surface area contributed by atoms with Crippen LogP contribution in [-0.2, 0) is 10.6 Å². The number of aromatic amines is 1. The fraction of sp³-hybridized carbons (Fsp3) is 0.333. The van der Waals surface area contributed by atoms with Gasteiger partial charge in [0.25, 0.3) is 12.0 Å². The minimum atomic E-state index is -2.88. The molecule has 0 fully saturated rings. The molecule has 0 saturated carbocycles. The van der Waals surface area contributed by atoms with Gasteiger partial charge in [-0.3, -0.25) is 4.79 Å². The maximum absolute atomic E-state index is 12.6. The lowest BCUT2D eigenvalue weighted by atomic mass is 10.1. The van der Waals surface area contributed by atoms with E-state index < -0.39 is 23.5 Å².